The number of esters is 1. The third-order valence-corrected chi connectivity index (χ3v) is 3.34. The van der Waals surface area contributed by atoms with Crippen LogP contribution in [0.3, 0.4) is 0 Å². The minimum atomic E-state index is -0.979. The van der Waals surface area contributed by atoms with E-state index in [1.165, 1.54) is 6.92 Å². The van der Waals surface area contributed by atoms with Gasteiger partial charge in [0, 0.05) is 12.6 Å². The number of ether oxygens (including phenoxy) is 1. The van der Waals surface area contributed by atoms with Gasteiger partial charge in [0.1, 0.15) is 10.1 Å². The van der Waals surface area contributed by atoms with Crippen molar-refractivity contribution in [1.82, 2.24) is 0 Å². The van der Waals surface area contributed by atoms with E-state index in [0.717, 1.165) is 0 Å². The van der Waals surface area contributed by atoms with Crippen molar-refractivity contribution >= 4 is 40.8 Å². The fourth-order valence-electron chi connectivity index (χ4n) is 1.47. The van der Waals surface area contributed by atoms with E-state index in [1.54, 1.807) is 24.3 Å². The maximum atomic E-state index is 11.6. The number of halogens is 2. The van der Waals surface area contributed by atoms with Gasteiger partial charge < -0.3 is 10.1 Å². The molecular formula is C12H11Cl2NO3. The van der Waals surface area contributed by atoms with Crippen LogP contribution in [0.5, 0.6) is 5.75 Å². The number of alkyl halides is 2. The summed E-state index contributed by atoms with van der Waals surface area (Å²) in [5.41, 5.74) is 0.637. The smallest absolute Gasteiger partial charge is 0.317 e. The van der Waals surface area contributed by atoms with Crippen molar-refractivity contribution in [1.29, 1.82) is 0 Å². The molecule has 1 saturated carbocycles. The van der Waals surface area contributed by atoms with Crippen molar-refractivity contribution in [2.45, 2.75) is 17.7 Å². The van der Waals surface area contributed by atoms with Crippen molar-refractivity contribution in [3.63, 3.8) is 0 Å². The molecule has 0 heterocycles. The molecule has 0 aromatic heterocycles. The zero-order valence-electron chi connectivity index (χ0n) is 9.57. The topological polar surface area (TPSA) is 55.4 Å². The number of rotatable bonds is 3. The van der Waals surface area contributed by atoms with Crippen molar-refractivity contribution in [3.8, 4) is 5.75 Å². The molecule has 1 N–H and O–H groups in total. The molecule has 0 bridgehead atoms. The summed E-state index contributed by atoms with van der Waals surface area (Å²) in [7, 11) is 0. The summed E-state index contributed by atoms with van der Waals surface area (Å²) in [5.74, 6) is -0.667. The van der Waals surface area contributed by atoms with Crippen LogP contribution in [-0.4, -0.2) is 16.2 Å². The van der Waals surface area contributed by atoms with Crippen LogP contribution in [0.15, 0.2) is 24.3 Å². The number of amides is 1. The second-order valence-electron chi connectivity index (χ2n) is 4.14. The monoisotopic (exact) mass is 287 g/mol. The molecule has 0 radical (unpaired) electrons. The SMILES string of the molecule is CC(=O)Nc1ccc(OC(=O)C2CC2(Cl)Cl)cc1. The summed E-state index contributed by atoms with van der Waals surface area (Å²) in [5, 5.41) is 2.61. The molecule has 0 spiro atoms. The van der Waals surface area contributed by atoms with Crippen molar-refractivity contribution in [2.24, 2.45) is 5.92 Å². The summed E-state index contributed by atoms with van der Waals surface area (Å²) in [6.07, 6.45) is 0.416. The summed E-state index contributed by atoms with van der Waals surface area (Å²) in [6.45, 7) is 1.42. The van der Waals surface area contributed by atoms with Gasteiger partial charge in [-0.1, -0.05) is 0 Å². The fraction of sp³-hybridized carbons (Fsp3) is 0.333. The first kappa shape index (κ1) is 13.2. The molecule has 1 aliphatic rings. The third kappa shape index (κ3) is 3.15. The Hall–Kier alpha value is -1.26. The van der Waals surface area contributed by atoms with E-state index in [2.05, 4.69) is 5.32 Å². The van der Waals surface area contributed by atoms with Gasteiger partial charge in [-0.15, -0.1) is 23.2 Å². The largest absolute Gasteiger partial charge is 0.426 e. The minimum Gasteiger partial charge on any atom is -0.426 e. The van der Waals surface area contributed by atoms with Crippen LogP contribution in [0.25, 0.3) is 0 Å². The zero-order chi connectivity index (χ0) is 13.3. The molecule has 2 rings (SSSR count). The second kappa shape index (κ2) is 4.78. The molecule has 1 fully saturated rings. The fourth-order valence-corrected chi connectivity index (χ4v) is 1.95. The Labute approximate surface area is 114 Å². The lowest BCUT2D eigenvalue weighted by Gasteiger charge is -2.06. The maximum Gasteiger partial charge on any atom is 0.317 e. The summed E-state index contributed by atoms with van der Waals surface area (Å²) in [4.78, 5) is 22.4. The van der Waals surface area contributed by atoms with Crippen LogP contribution in [0.4, 0.5) is 5.69 Å². The lowest BCUT2D eigenvalue weighted by Crippen LogP contribution is -2.14. The van der Waals surface area contributed by atoms with Gasteiger partial charge in [0.05, 0.1) is 5.92 Å². The highest BCUT2D eigenvalue weighted by Crippen LogP contribution is 2.53. The third-order valence-electron chi connectivity index (χ3n) is 2.50. The van der Waals surface area contributed by atoms with E-state index in [4.69, 9.17) is 27.9 Å². The highest BCUT2D eigenvalue weighted by atomic mass is 35.5. The average Bonchev–Trinajstić information content (AvgIpc) is 2.90. The van der Waals surface area contributed by atoms with Crippen LogP contribution in [0.2, 0.25) is 0 Å². The van der Waals surface area contributed by atoms with E-state index in [9.17, 15) is 9.59 Å². The standard InChI is InChI=1S/C12H11Cl2NO3/c1-7(16)15-8-2-4-9(5-3-8)18-11(17)10-6-12(10,13)14/h2-5,10H,6H2,1H3,(H,15,16). The van der Waals surface area contributed by atoms with Gasteiger partial charge in [0.25, 0.3) is 0 Å². The quantitative estimate of drug-likeness (QED) is 0.528. The predicted octanol–water partition coefficient (Wildman–Crippen LogP) is 2.74. The Morgan fingerprint density at radius 3 is 2.33 bits per heavy atom. The Balaban J connectivity index is 1.94. The number of hydrogen-bond acceptors (Lipinski definition) is 3. The first-order chi connectivity index (χ1) is 8.38. The first-order valence-corrected chi connectivity index (χ1v) is 6.11. The van der Waals surface area contributed by atoms with Crippen LogP contribution in [0.1, 0.15) is 13.3 Å². The van der Waals surface area contributed by atoms with E-state index >= 15 is 0 Å². The van der Waals surface area contributed by atoms with Crippen LogP contribution >= 0.6 is 23.2 Å². The summed E-state index contributed by atoms with van der Waals surface area (Å²) >= 11 is 11.5. The van der Waals surface area contributed by atoms with Crippen molar-refractivity contribution < 1.29 is 14.3 Å². The molecule has 0 saturated heterocycles. The molecule has 1 aromatic rings. The normalized spacial score (nSPS) is 20.1. The van der Waals surface area contributed by atoms with Crippen LogP contribution in [-0.2, 0) is 9.59 Å². The molecule has 0 aliphatic heterocycles. The number of carbonyl (C=O) groups excluding carboxylic acids is 2. The van der Waals surface area contributed by atoms with Gasteiger partial charge in [-0.2, -0.15) is 0 Å². The highest BCUT2D eigenvalue weighted by Gasteiger charge is 2.57. The average molecular weight is 288 g/mol. The van der Waals surface area contributed by atoms with Gasteiger partial charge in [-0.3, -0.25) is 9.59 Å². The molecule has 1 unspecified atom stereocenters. The van der Waals surface area contributed by atoms with Gasteiger partial charge in [-0.05, 0) is 30.7 Å². The predicted molar refractivity (Wildman–Crippen MR) is 68.9 cm³/mol. The van der Waals surface area contributed by atoms with Crippen molar-refractivity contribution in [2.75, 3.05) is 5.32 Å². The summed E-state index contributed by atoms with van der Waals surface area (Å²) < 4.78 is 4.13. The Kier molecular flexibility index (Phi) is 3.50. The molecule has 6 heteroatoms. The molecule has 1 aliphatic carbocycles. The molecule has 1 aromatic carbocycles. The van der Waals surface area contributed by atoms with E-state index in [-0.39, 0.29) is 5.91 Å². The van der Waals surface area contributed by atoms with Crippen LogP contribution < -0.4 is 10.1 Å². The maximum absolute atomic E-state index is 11.6. The molecule has 96 valence electrons. The Morgan fingerprint density at radius 2 is 1.89 bits per heavy atom. The Morgan fingerprint density at radius 1 is 1.33 bits per heavy atom. The number of anilines is 1. The van der Waals surface area contributed by atoms with Gasteiger partial charge in [0.2, 0.25) is 5.91 Å². The van der Waals surface area contributed by atoms with E-state index in [0.29, 0.717) is 17.9 Å². The molecule has 4 nitrogen and oxygen atoms in total. The number of benzene rings is 1. The number of nitrogens with one attached hydrogen (secondary N) is 1. The first-order valence-electron chi connectivity index (χ1n) is 5.35. The molecule has 1 amide bonds. The summed E-state index contributed by atoms with van der Waals surface area (Å²) in [6, 6.07) is 6.47. The van der Waals surface area contributed by atoms with E-state index < -0.39 is 16.2 Å². The van der Waals surface area contributed by atoms with Crippen molar-refractivity contribution in [3.05, 3.63) is 24.3 Å². The Bertz CT molecular complexity index is 485. The van der Waals surface area contributed by atoms with E-state index in [1.807, 2.05) is 0 Å². The van der Waals surface area contributed by atoms with Gasteiger partial charge in [-0.25, -0.2) is 0 Å². The molecule has 1 atom stereocenters. The highest BCUT2D eigenvalue weighted by molar-refractivity contribution is 6.52. The lowest BCUT2D eigenvalue weighted by molar-refractivity contribution is -0.135. The van der Waals surface area contributed by atoms with Crippen LogP contribution in [0, 0.1) is 5.92 Å². The number of carbonyl (C=O) groups is 2. The lowest BCUT2D eigenvalue weighted by atomic mass is 10.3. The zero-order valence-corrected chi connectivity index (χ0v) is 11.1. The second-order valence-corrected chi connectivity index (χ2v) is 5.69. The minimum absolute atomic E-state index is 0.160. The van der Waals surface area contributed by atoms with Gasteiger partial charge in [0.15, 0.2) is 0 Å². The number of hydrogen-bond donors (Lipinski definition) is 1. The molecule has 18 heavy (non-hydrogen) atoms. The van der Waals surface area contributed by atoms with Gasteiger partial charge >= 0.3 is 5.97 Å². The molecular weight excluding hydrogens is 277 g/mol.